The van der Waals surface area contributed by atoms with Crippen LogP contribution >= 0.6 is 0 Å². The van der Waals surface area contributed by atoms with Crippen LogP contribution in [0.5, 0.6) is 0 Å². The first kappa shape index (κ1) is 24.0. The summed E-state index contributed by atoms with van der Waals surface area (Å²) >= 11 is 0. The molecule has 1 amide bonds. The lowest BCUT2D eigenvalue weighted by Crippen LogP contribution is -2.47. The monoisotopic (exact) mass is 474 g/mol. The molecule has 9 nitrogen and oxygen atoms in total. The van der Waals surface area contributed by atoms with Gasteiger partial charge in [-0.3, -0.25) is 18.7 Å². The molecule has 1 aromatic carbocycles. The first-order valence-electron chi connectivity index (χ1n) is 12.0. The molecule has 1 aliphatic carbocycles. The van der Waals surface area contributed by atoms with Gasteiger partial charge in [0, 0.05) is 18.6 Å². The highest BCUT2D eigenvalue weighted by atomic mass is 19.1. The third kappa shape index (κ3) is 4.45. The van der Waals surface area contributed by atoms with E-state index in [1.54, 1.807) is 13.8 Å². The average Bonchev–Trinajstić information content (AvgIpc) is 3.29. The number of nitrogens with zero attached hydrogens (tertiary/aromatic N) is 3. The van der Waals surface area contributed by atoms with Gasteiger partial charge in [-0.05, 0) is 51.7 Å². The minimum Gasteiger partial charge on any atom is -0.480 e. The lowest BCUT2D eigenvalue weighted by molar-refractivity contribution is -0.148. The number of halogens is 1. The second kappa shape index (κ2) is 9.60. The second-order valence-electron chi connectivity index (χ2n) is 9.55. The zero-order valence-electron chi connectivity index (χ0n) is 19.6. The van der Waals surface area contributed by atoms with Gasteiger partial charge in [0.25, 0.3) is 5.56 Å². The Kier molecular flexibility index (Phi) is 6.77. The van der Waals surface area contributed by atoms with Crippen LogP contribution in [0.15, 0.2) is 21.7 Å². The lowest BCUT2D eigenvalue weighted by Gasteiger charge is -2.25. The van der Waals surface area contributed by atoms with E-state index in [-0.39, 0.29) is 29.7 Å². The highest BCUT2D eigenvalue weighted by molar-refractivity contribution is 5.85. The molecule has 2 fully saturated rings. The Morgan fingerprint density at radius 2 is 1.82 bits per heavy atom. The molecule has 1 atom stereocenters. The van der Waals surface area contributed by atoms with Crippen molar-refractivity contribution in [1.82, 2.24) is 14.0 Å². The SMILES string of the molecule is CC(C)n1c(=O)n(CC(=O)N2CCCC2C(=O)O)c(=O)c2cc(F)c(NC3CCCCC3)cc21. The summed E-state index contributed by atoms with van der Waals surface area (Å²) < 4.78 is 17.2. The zero-order chi connectivity index (χ0) is 24.6. The van der Waals surface area contributed by atoms with Gasteiger partial charge in [-0.15, -0.1) is 0 Å². The molecule has 2 aliphatic rings. The Balaban J connectivity index is 1.76. The van der Waals surface area contributed by atoms with Gasteiger partial charge in [-0.1, -0.05) is 19.3 Å². The first-order valence-corrected chi connectivity index (χ1v) is 12.0. The summed E-state index contributed by atoms with van der Waals surface area (Å²) in [6, 6.07) is 1.44. The van der Waals surface area contributed by atoms with Crippen LogP contribution < -0.4 is 16.6 Å². The number of carboxylic acids is 1. The highest BCUT2D eigenvalue weighted by Crippen LogP contribution is 2.27. The van der Waals surface area contributed by atoms with Crippen LogP contribution in [0.3, 0.4) is 0 Å². The number of benzene rings is 1. The number of carboxylic acid groups (broad SMARTS) is 1. The van der Waals surface area contributed by atoms with E-state index < -0.39 is 41.5 Å². The van der Waals surface area contributed by atoms with Crippen LogP contribution in [0.4, 0.5) is 10.1 Å². The largest absolute Gasteiger partial charge is 0.480 e. The Bertz CT molecular complexity index is 1230. The third-order valence-corrected chi connectivity index (χ3v) is 6.89. The summed E-state index contributed by atoms with van der Waals surface area (Å²) in [5.41, 5.74) is -0.887. The number of hydrogen-bond donors (Lipinski definition) is 2. The van der Waals surface area contributed by atoms with Crippen LogP contribution in [0.2, 0.25) is 0 Å². The van der Waals surface area contributed by atoms with E-state index in [0.29, 0.717) is 18.4 Å². The molecule has 0 spiro atoms. The molecule has 1 aliphatic heterocycles. The number of aliphatic carboxylic acids is 1. The number of likely N-dealkylation sites (tertiary alicyclic amines) is 1. The number of nitrogens with one attached hydrogen (secondary N) is 1. The molecule has 184 valence electrons. The van der Waals surface area contributed by atoms with E-state index in [1.165, 1.54) is 15.5 Å². The van der Waals surface area contributed by atoms with Crippen LogP contribution in [0.1, 0.15) is 64.8 Å². The molecule has 2 N–H and O–H groups in total. The van der Waals surface area contributed by atoms with Crippen molar-refractivity contribution >= 4 is 28.5 Å². The van der Waals surface area contributed by atoms with Crippen molar-refractivity contribution in [2.75, 3.05) is 11.9 Å². The van der Waals surface area contributed by atoms with Crippen molar-refractivity contribution in [2.45, 2.75) is 83.5 Å². The molecular formula is C24H31FN4O5. The number of carbonyl (C=O) groups is 2. The minimum atomic E-state index is -1.11. The van der Waals surface area contributed by atoms with E-state index in [0.717, 1.165) is 42.7 Å². The zero-order valence-corrected chi connectivity index (χ0v) is 19.6. The molecule has 2 aromatic rings. The number of rotatable bonds is 6. The number of carbonyl (C=O) groups excluding carboxylic acids is 1. The molecule has 1 saturated carbocycles. The van der Waals surface area contributed by atoms with E-state index in [2.05, 4.69) is 5.32 Å². The molecular weight excluding hydrogens is 443 g/mol. The Morgan fingerprint density at radius 1 is 1.12 bits per heavy atom. The van der Waals surface area contributed by atoms with Crippen molar-refractivity contribution in [1.29, 1.82) is 0 Å². The molecule has 1 unspecified atom stereocenters. The summed E-state index contributed by atoms with van der Waals surface area (Å²) in [5.74, 6) is -2.32. The minimum absolute atomic E-state index is 0.00370. The summed E-state index contributed by atoms with van der Waals surface area (Å²) in [5, 5.41) is 12.6. The molecule has 10 heteroatoms. The van der Waals surface area contributed by atoms with Crippen molar-refractivity contribution in [3.63, 3.8) is 0 Å². The normalized spacial score (nSPS) is 19.2. The van der Waals surface area contributed by atoms with Gasteiger partial charge < -0.3 is 15.3 Å². The molecule has 4 rings (SSSR count). The number of aromatic nitrogens is 2. The Labute approximate surface area is 196 Å². The van der Waals surface area contributed by atoms with Crippen LogP contribution in [-0.2, 0) is 16.1 Å². The van der Waals surface area contributed by atoms with E-state index in [4.69, 9.17) is 0 Å². The van der Waals surface area contributed by atoms with Crippen molar-refractivity contribution < 1.29 is 19.1 Å². The fourth-order valence-corrected chi connectivity index (χ4v) is 5.16. The topological polar surface area (TPSA) is 114 Å². The fourth-order valence-electron chi connectivity index (χ4n) is 5.16. The average molecular weight is 475 g/mol. The maximum absolute atomic E-state index is 15.0. The van der Waals surface area contributed by atoms with Crippen molar-refractivity contribution in [3.05, 3.63) is 38.8 Å². The first-order chi connectivity index (χ1) is 16.2. The molecule has 2 heterocycles. The second-order valence-corrected chi connectivity index (χ2v) is 9.55. The number of amides is 1. The standard InChI is InChI=1S/C24H31FN4O5/c1-14(2)29-20-12-18(26-15-7-4-3-5-8-15)17(25)11-16(20)22(31)28(24(29)34)13-21(30)27-10-6-9-19(27)23(32)33/h11-12,14-15,19,26H,3-10,13H2,1-2H3,(H,32,33). The Hall–Kier alpha value is -3.17. The summed E-state index contributed by atoms with van der Waals surface area (Å²) in [6.07, 6.45) is 6.04. The van der Waals surface area contributed by atoms with E-state index in [1.807, 2.05) is 0 Å². The van der Waals surface area contributed by atoms with Gasteiger partial charge in [0.15, 0.2) is 0 Å². The van der Waals surface area contributed by atoms with Gasteiger partial charge >= 0.3 is 11.7 Å². The number of anilines is 1. The third-order valence-electron chi connectivity index (χ3n) is 6.89. The predicted molar refractivity (Wildman–Crippen MR) is 126 cm³/mol. The summed E-state index contributed by atoms with van der Waals surface area (Å²) in [6.45, 7) is 3.21. The molecule has 1 saturated heterocycles. The molecule has 34 heavy (non-hydrogen) atoms. The fraction of sp³-hybridized carbons (Fsp3) is 0.583. The summed E-state index contributed by atoms with van der Waals surface area (Å²) in [4.78, 5) is 52.1. The highest BCUT2D eigenvalue weighted by Gasteiger charge is 2.34. The summed E-state index contributed by atoms with van der Waals surface area (Å²) in [7, 11) is 0. The Morgan fingerprint density at radius 3 is 2.47 bits per heavy atom. The number of fused-ring (bicyclic) bond motifs is 1. The quantitative estimate of drug-likeness (QED) is 0.666. The van der Waals surface area contributed by atoms with Crippen molar-refractivity contribution in [3.8, 4) is 0 Å². The van der Waals surface area contributed by atoms with Crippen LogP contribution in [-0.4, -0.2) is 49.6 Å². The van der Waals surface area contributed by atoms with Gasteiger partial charge in [-0.25, -0.2) is 14.0 Å². The number of hydrogen-bond acceptors (Lipinski definition) is 5. The van der Waals surface area contributed by atoms with Gasteiger partial charge in [0.05, 0.1) is 16.6 Å². The van der Waals surface area contributed by atoms with Crippen molar-refractivity contribution in [2.24, 2.45) is 0 Å². The molecule has 0 radical (unpaired) electrons. The van der Waals surface area contributed by atoms with E-state index in [9.17, 15) is 24.3 Å². The van der Waals surface area contributed by atoms with Gasteiger partial charge in [0.1, 0.15) is 18.4 Å². The van der Waals surface area contributed by atoms with Crippen LogP contribution in [0, 0.1) is 5.82 Å². The maximum Gasteiger partial charge on any atom is 0.332 e. The maximum atomic E-state index is 15.0. The van der Waals surface area contributed by atoms with Crippen LogP contribution in [0.25, 0.3) is 10.9 Å². The molecule has 1 aromatic heterocycles. The van der Waals surface area contributed by atoms with Gasteiger partial charge in [-0.2, -0.15) is 0 Å². The van der Waals surface area contributed by atoms with E-state index >= 15 is 4.39 Å². The lowest BCUT2D eigenvalue weighted by atomic mass is 9.95. The smallest absolute Gasteiger partial charge is 0.332 e. The molecule has 0 bridgehead atoms. The predicted octanol–water partition coefficient (Wildman–Crippen LogP) is 2.70. The van der Waals surface area contributed by atoms with Gasteiger partial charge in [0.2, 0.25) is 5.91 Å².